The maximum atomic E-state index is 5.98. The first kappa shape index (κ1) is 10.5. The summed E-state index contributed by atoms with van der Waals surface area (Å²) in [6, 6.07) is 0. The molecule has 1 rings (SSSR count). The highest BCUT2D eigenvalue weighted by atomic mass is 15.0. The number of nitrogens with one attached hydrogen (secondary N) is 2. The Bertz CT molecular complexity index is 323. The number of hydrogen-bond acceptors (Lipinski definition) is 4. The van der Waals surface area contributed by atoms with Gasteiger partial charge < -0.3 is 22.1 Å². The summed E-state index contributed by atoms with van der Waals surface area (Å²) in [4.78, 5) is 0. The Hall–Kier alpha value is -1.58. The molecule has 0 heterocycles. The molecule has 4 nitrogen and oxygen atoms in total. The molecule has 1 aromatic rings. The van der Waals surface area contributed by atoms with Crippen molar-refractivity contribution >= 4 is 22.7 Å². The van der Waals surface area contributed by atoms with Crippen LogP contribution < -0.4 is 22.1 Å². The van der Waals surface area contributed by atoms with Crippen molar-refractivity contribution in [3.63, 3.8) is 0 Å². The van der Waals surface area contributed by atoms with Crippen molar-refractivity contribution in [1.29, 1.82) is 0 Å². The molecule has 0 saturated carbocycles. The molecule has 14 heavy (non-hydrogen) atoms. The predicted octanol–water partition coefficient (Wildman–Crippen LogP) is 1.55. The minimum absolute atomic E-state index is 0.753. The quantitative estimate of drug-likeness (QED) is 0.539. The maximum Gasteiger partial charge on any atom is 0.0831 e. The van der Waals surface area contributed by atoms with Crippen LogP contribution >= 0.6 is 0 Å². The highest BCUT2D eigenvalue weighted by Gasteiger charge is 2.14. The van der Waals surface area contributed by atoms with Crippen LogP contribution in [0.2, 0.25) is 0 Å². The van der Waals surface area contributed by atoms with Crippen LogP contribution in [0.15, 0.2) is 0 Å². The highest BCUT2D eigenvalue weighted by Crippen LogP contribution is 2.39. The average molecular weight is 194 g/mol. The van der Waals surface area contributed by atoms with Gasteiger partial charge in [0, 0.05) is 14.1 Å². The molecule has 4 heteroatoms. The molecule has 1 aromatic carbocycles. The first-order valence-corrected chi connectivity index (χ1v) is 4.58. The summed E-state index contributed by atoms with van der Waals surface area (Å²) in [6.45, 7) is 3.95. The second-order valence-corrected chi connectivity index (χ2v) is 3.33. The Morgan fingerprint density at radius 3 is 1.29 bits per heavy atom. The fraction of sp³-hybridized carbons (Fsp3) is 0.400. The van der Waals surface area contributed by atoms with Crippen molar-refractivity contribution in [2.75, 3.05) is 36.2 Å². The number of anilines is 4. The molecule has 0 aliphatic rings. The van der Waals surface area contributed by atoms with Crippen LogP contribution in [0.5, 0.6) is 0 Å². The van der Waals surface area contributed by atoms with Gasteiger partial charge in [-0.1, -0.05) is 0 Å². The summed E-state index contributed by atoms with van der Waals surface area (Å²) in [6.07, 6.45) is 0. The summed E-state index contributed by atoms with van der Waals surface area (Å²) in [5.74, 6) is 0. The minimum Gasteiger partial charge on any atom is -0.397 e. The van der Waals surface area contributed by atoms with Gasteiger partial charge in [-0.2, -0.15) is 0 Å². The van der Waals surface area contributed by atoms with E-state index in [4.69, 9.17) is 11.5 Å². The molecule has 0 aliphatic heterocycles. The molecule has 0 atom stereocenters. The second kappa shape index (κ2) is 3.65. The SMILES string of the molecule is CNc1c(N)c(C)c(C)c(N)c1NC. The zero-order valence-electron chi connectivity index (χ0n) is 9.15. The third-order valence-electron chi connectivity index (χ3n) is 2.66. The van der Waals surface area contributed by atoms with Gasteiger partial charge in [0.1, 0.15) is 0 Å². The molecule has 0 aliphatic carbocycles. The molecule has 0 radical (unpaired) electrons. The van der Waals surface area contributed by atoms with Crippen LogP contribution in [0.25, 0.3) is 0 Å². The van der Waals surface area contributed by atoms with E-state index in [1.807, 2.05) is 27.9 Å². The Morgan fingerprint density at radius 2 is 1.07 bits per heavy atom. The summed E-state index contributed by atoms with van der Waals surface area (Å²) < 4.78 is 0. The number of nitrogen functional groups attached to an aromatic ring is 2. The monoisotopic (exact) mass is 194 g/mol. The summed E-state index contributed by atoms with van der Waals surface area (Å²) in [7, 11) is 3.67. The zero-order chi connectivity index (χ0) is 10.9. The Balaban J connectivity index is 3.57. The standard InChI is InChI=1S/C10H18N4/c1-5-6(2)8(12)10(14-4)9(13-3)7(5)11/h13-14H,11-12H2,1-4H3. The summed E-state index contributed by atoms with van der Waals surface area (Å²) >= 11 is 0. The van der Waals surface area contributed by atoms with Crippen LogP contribution in [0.3, 0.4) is 0 Å². The molecule has 0 amide bonds. The predicted molar refractivity (Wildman–Crippen MR) is 63.8 cm³/mol. The number of rotatable bonds is 2. The van der Waals surface area contributed by atoms with Crippen molar-refractivity contribution in [1.82, 2.24) is 0 Å². The van der Waals surface area contributed by atoms with Gasteiger partial charge in [-0.3, -0.25) is 0 Å². The summed E-state index contributed by atoms with van der Waals surface area (Å²) in [5.41, 5.74) is 17.3. The fourth-order valence-corrected chi connectivity index (χ4v) is 1.57. The van der Waals surface area contributed by atoms with E-state index in [1.165, 1.54) is 0 Å². The third-order valence-corrected chi connectivity index (χ3v) is 2.66. The van der Waals surface area contributed by atoms with Crippen LogP contribution in [0.4, 0.5) is 22.7 Å². The first-order chi connectivity index (χ1) is 6.54. The van der Waals surface area contributed by atoms with E-state index in [-0.39, 0.29) is 0 Å². The summed E-state index contributed by atoms with van der Waals surface area (Å²) in [5, 5.41) is 6.11. The Kier molecular flexibility index (Phi) is 2.74. The van der Waals surface area contributed by atoms with Gasteiger partial charge in [-0.05, 0) is 25.0 Å². The lowest BCUT2D eigenvalue weighted by atomic mass is 10.0. The van der Waals surface area contributed by atoms with E-state index in [0.29, 0.717) is 0 Å². The second-order valence-electron chi connectivity index (χ2n) is 3.33. The molecule has 0 fully saturated rings. The van der Waals surface area contributed by atoms with Crippen molar-refractivity contribution in [2.24, 2.45) is 0 Å². The van der Waals surface area contributed by atoms with Gasteiger partial charge >= 0.3 is 0 Å². The smallest absolute Gasteiger partial charge is 0.0831 e. The lowest BCUT2D eigenvalue weighted by molar-refractivity contribution is 1.32. The van der Waals surface area contributed by atoms with Gasteiger partial charge in [0.25, 0.3) is 0 Å². The van der Waals surface area contributed by atoms with Gasteiger partial charge in [0.15, 0.2) is 0 Å². The molecule has 0 saturated heterocycles. The molecular formula is C10H18N4. The maximum absolute atomic E-state index is 5.98. The van der Waals surface area contributed by atoms with Crippen LogP contribution in [0.1, 0.15) is 11.1 Å². The molecule has 0 unspecified atom stereocenters. The van der Waals surface area contributed by atoms with Gasteiger partial charge in [0.05, 0.1) is 22.7 Å². The Labute approximate surface area is 84.7 Å². The normalized spacial score (nSPS) is 10.0. The number of benzene rings is 1. The number of hydrogen-bond donors (Lipinski definition) is 4. The Morgan fingerprint density at radius 1 is 0.786 bits per heavy atom. The van der Waals surface area contributed by atoms with Crippen molar-refractivity contribution in [3.8, 4) is 0 Å². The zero-order valence-corrected chi connectivity index (χ0v) is 9.15. The minimum atomic E-state index is 0.753. The van der Waals surface area contributed by atoms with Crippen molar-refractivity contribution in [3.05, 3.63) is 11.1 Å². The lowest BCUT2D eigenvalue weighted by Crippen LogP contribution is -2.08. The molecule has 0 spiro atoms. The van der Waals surface area contributed by atoms with Crippen LogP contribution in [-0.4, -0.2) is 14.1 Å². The van der Waals surface area contributed by atoms with E-state index < -0.39 is 0 Å². The fourth-order valence-electron chi connectivity index (χ4n) is 1.57. The van der Waals surface area contributed by atoms with E-state index >= 15 is 0 Å². The van der Waals surface area contributed by atoms with Crippen molar-refractivity contribution < 1.29 is 0 Å². The number of nitrogens with two attached hydrogens (primary N) is 2. The van der Waals surface area contributed by atoms with E-state index in [9.17, 15) is 0 Å². The topological polar surface area (TPSA) is 76.1 Å². The van der Waals surface area contributed by atoms with Crippen molar-refractivity contribution in [2.45, 2.75) is 13.8 Å². The van der Waals surface area contributed by atoms with Gasteiger partial charge in [-0.15, -0.1) is 0 Å². The molecule has 6 N–H and O–H groups in total. The largest absolute Gasteiger partial charge is 0.397 e. The highest BCUT2D eigenvalue weighted by molar-refractivity contribution is 5.93. The molecule has 0 aromatic heterocycles. The first-order valence-electron chi connectivity index (χ1n) is 4.58. The molecule has 78 valence electrons. The lowest BCUT2D eigenvalue weighted by Gasteiger charge is -2.19. The van der Waals surface area contributed by atoms with E-state index in [2.05, 4.69) is 10.6 Å². The third kappa shape index (κ3) is 1.32. The van der Waals surface area contributed by atoms with E-state index in [0.717, 1.165) is 33.9 Å². The van der Waals surface area contributed by atoms with Crippen LogP contribution in [-0.2, 0) is 0 Å². The molecule has 0 bridgehead atoms. The average Bonchev–Trinajstić information content (AvgIpc) is 2.20. The van der Waals surface area contributed by atoms with Gasteiger partial charge in [0.2, 0.25) is 0 Å². The van der Waals surface area contributed by atoms with Gasteiger partial charge in [-0.25, -0.2) is 0 Å². The van der Waals surface area contributed by atoms with Crippen LogP contribution in [0, 0.1) is 13.8 Å². The molecular weight excluding hydrogens is 176 g/mol. The van der Waals surface area contributed by atoms with E-state index in [1.54, 1.807) is 0 Å².